The highest BCUT2D eigenvalue weighted by atomic mass is 16.2. The van der Waals surface area contributed by atoms with E-state index in [1.807, 2.05) is 23.1 Å². The van der Waals surface area contributed by atoms with Gasteiger partial charge in [-0.3, -0.25) is 9.59 Å². The van der Waals surface area contributed by atoms with Gasteiger partial charge in [0, 0.05) is 52.3 Å². The molecule has 0 radical (unpaired) electrons. The molecule has 0 atom stereocenters. The zero-order chi connectivity index (χ0) is 15.5. The van der Waals surface area contributed by atoms with Gasteiger partial charge < -0.3 is 9.80 Å². The Bertz CT molecular complexity index is 593. The third-order valence-corrected chi connectivity index (χ3v) is 3.99. The lowest BCUT2D eigenvalue weighted by Crippen LogP contribution is -2.51. The van der Waals surface area contributed by atoms with Gasteiger partial charge in [-0.15, -0.1) is 0 Å². The normalized spacial score (nSPS) is 19.2. The highest BCUT2D eigenvalue weighted by Crippen LogP contribution is 2.14. The van der Waals surface area contributed by atoms with Crippen LogP contribution in [0.15, 0.2) is 29.5 Å². The first-order valence-electron chi connectivity index (χ1n) is 7.44. The molecule has 2 aliphatic rings. The second-order valence-electron chi connectivity index (χ2n) is 5.43. The van der Waals surface area contributed by atoms with Crippen LogP contribution in [-0.4, -0.2) is 65.6 Å². The van der Waals surface area contributed by atoms with Crippen molar-refractivity contribution in [3.63, 3.8) is 0 Å². The Morgan fingerprint density at radius 3 is 2.55 bits per heavy atom. The number of amides is 2. The van der Waals surface area contributed by atoms with Gasteiger partial charge in [0.2, 0.25) is 5.91 Å². The lowest BCUT2D eigenvalue weighted by atomic mass is 10.1. The highest BCUT2D eigenvalue weighted by Gasteiger charge is 2.28. The van der Waals surface area contributed by atoms with Crippen LogP contribution in [0.4, 0.5) is 5.82 Å². The van der Waals surface area contributed by atoms with Crippen molar-refractivity contribution in [3.05, 3.63) is 24.4 Å². The van der Waals surface area contributed by atoms with E-state index in [4.69, 9.17) is 0 Å². The molecule has 0 saturated carbocycles. The van der Waals surface area contributed by atoms with Gasteiger partial charge in [0.25, 0.3) is 5.91 Å². The van der Waals surface area contributed by atoms with Crippen LogP contribution >= 0.6 is 0 Å². The number of carbonyl (C=O) groups excluding carboxylic acids is 2. The number of rotatable bonds is 2. The maximum absolute atomic E-state index is 12.5. The second kappa shape index (κ2) is 6.13. The van der Waals surface area contributed by atoms with Crippen molar-refractivity contribution in [1.82, 2.24) is 14.9 Å². The molecule has 0 aromatic carbocycles. The average Bonchev–Trinajstić information content (AvgIpc) is 2.58. The van der Waals surface area contributed by atoms with Crippen molar-refractivity contribution in [1.29, 1.82) is 0 Å². The molecule has 2 amide bonds. The summed E-state index contributed by atoms with van der Waals surface area (Å²) in [6, 6.07) is 5.83. The standard InChI is InChI=1S/C15H19N5O2/c1-18-14(21)6-5-12(17-18)15(22)20-10-8-19(9-11-20)13-4-2-3-7-16-13/h2-4,7H,5-6,8-11H2,1H3. The number of pyridine rings is 1. The van der Waals surface area contributed by atoms with E-state index in [2.05, 4.69) is 15.0 Å². The summed E-state index contributed by atoms with van der Waals surface area (Å²) in [7, 11) is 1.59. The van der Waals surface area contributed by atoms with E-state index in [1.165, 1.54) is 5.01 Å². The van der Waals surface area contributed by atoms with E-state index in [0.29, 0.717) is 31.6 Å². The van der Waals surface area contributed by atoms with Crippen molar-refractivity contribution in [3.8, 4) is 0 Å². The topological polar surface area (TPSA) is 69.1 Å². The van der Waals surface area contributed by atoms with Crippen molar-refractivity contribution in [2.45, 2.75) is 12.8 Å². The first kappa shape index (κ1) is 14.5. The van der Waals surface area contributed by atoms with Crippen LogP contribution in [0.25, 0.3) is 0 Å². The number of carbonyl (C=O) groups is 2. The molecular formula is C15H19N5O2. The molecule has 0 unspecified atom stereocenters. The first-order chi connectivity index (χ1) is 10.6. The molecule has 22 heavy (non-hydrogen) atoms. The molecule has 2 aliphatic heterocycles. The minimum Gasteiger partial charge on any atom is -0.353 e. The molecule has 7 nitrogen and oxygen atoms in total. The summed E-state index contributed by atoms with van der Waals surface area (Å²) in [5, 5.41) is 5.36. The Morgan fingerprint density at radius 1 is 1.14 bits per heavy atom. The van der Waals surface area contributed by atoms with Gasteiger partial charge in [0.05, 0.1) is 0 Å². The predicted octanol–water partition coefficient (Wildman–Crippen LogP) is 0.338. The van der Waals surface area contributed by atoms with E-state index in [0.717, 1.165) is 18.9 Å². The van der Waals surface area contributed by atoms with Crippen LogP contribution in [-0.2, 0) is 9.59 Å². The van der Waals surface area contributed by atoms with Gasteiger partial charge in [-0.2, -0.15) is 5.10 Å². The van der Waals surface area contributed by atoms with Gasteiger partial charge in [0.1, 0.15) is 11.5 Å². The van der Waals surface area contributed by atoms with Crippen molar-refractivity contribution in [2.24, 2.45) is 5.10 Å². The minimum atomic E-state index is -0.0555. The lowest BCUT2D eigenvalue weighted by molar-refractivity contribution is -0.130. The number of piperazine rings is 1. The largest absolute Gasteiger partial charge is 0.353 e. The number of anilines is 1. The molecule has 0 spiro atoms. The van der Waals surface area contributed by atoms with Crippen LogP contribution in [0.2, 0.25) is 0 Å². The summed E-state index contributed by atoms with van der Waals surface area (Å²) >= 11 is 0. The summed E-state index contributed by atoms with van der Waals surface area (Å²) in [6.45, 7) is 2.80. The Kier molecular flexibility index (Phi) is 4.04. The van der Waals surface area contributed by atoms with Crippen LogP contribution < -0.4 is 4.90 Å². The molecule has 1 aromatic rings. The van der Waals surface area contributed by atoms with E-state index in [-0.39, 0.29) is 11.8 Å². The zero-order valence-electron chi connectivity index (χ0n) is 12.6. The molecule has 0 aliphatic carbocycles. The number of hydrogen-bond donors (Lipinski definition) is 0. The van der Waals surface area contributed by atoms with E-state index >= 15 is 0 Å². The maximum Gasteiger partial charge on any atom is 0.270 e. The molecule has 1 fully saturated rings. The molecule has 7 heteroatoms. The third-order valence-electron chi connectivity index (χ3n) is 3.99. The fraction of sp³-hybridized carbons (Fsp3) is 0.467. The minimum absolute atomic E-state index is 0.0449. The Balaban J connectivity index is 1.61. The summed E-state index contributed by atoms with van der Waals surface area (Å²) < 4.78 is 0. The van der Waals surface area contributed by atoms with Crippen LogP contribution in [0.1, 0.15) is 12.8 Å². The van der Waals surface area contributed by atoms with E-state index < -0.39 is 0 Å². The molecule has 0 bridgehead atoms. The molecule has 1 aromatic heterocycles. The van der Waals surface area contributed by atoms with Gasteiger partial charge in [0.15, 0.2) is 0 Å². The lowest BCUT2D eigenvalue weighted by Gasteiger charge is -2.36. The number of hydrogen-bond acceptors (Lipinski definition) is 5. The van der Waals surface area contributed by atoms with Crippen LogP contribution in [0, 0.1) is 0 Å². The molecule has 1 saturated heterocycles. The van der Waals surface area contributed by atoms with Gasteiger partial charge in [-0.1, -0.05) is 6.07 Å². The zero-order valence-corrected chi connectivity index (χ0v) is 12.6. The highest BCUT2D eigenvalue weighted by molar-refractivity contribution is 6.39. The summed E-state index contributed by atoms with van der Waals surface area (Å²) in [5.74, 6) is 0.839. The summed E-state index contributed by atoms with van der Waals surface area (Å²) in [5.41, 5.74) is 0.480. The van der Waals surface area contributed by atoms with Gasteiger partial charge >= 0.3 is 0 Å². The smallest absolute Gasteiger partial charge is 0.270 e. The number of hydrazone groups is 1. The SMILES string of the molecule is CN1N=C(C(=O)N2CCN(c3ccccn3)CC2)CCC1=O. The summed E-state index contributed by atoms with van der Waals surface area (Å²) in [4.78, 5) is 32.2. The van der Waals surface area contributed by atoms with Crippen LogP contribution in [0.5, 0.6) is 0 Å². The fourth-order valence-corrected chi connectivity index (χ4v) is 2.69. The predicted molar refractivity (Wildman–Crippen MR) is 82.5 cm³/mol. The molecule has 3 heterocycles. The Hall–Kier alpha value is -2.44. The average molecular weight is 301 g/mol. The van der Waals surface area contributed by atoms with E-state index in [1.54, 1.807) is 13.2 Å². The number of nitrogens with zero attached hydrogens (tertiary/aromatic N) is 5. The van der Waals surface area contributed by atoms with Crippen LogP contribution in [0.3, 0.4) is 0 Å². The first-order valence-corrected chi connectivity index (χ1v) is 7.44. The maximum atomic E-state index is 12.5. The van der Waals surface area contributed by atoms with Gasteiger partial charge in [-0.05, 0) is 12.1 Å². The third kappa shape index (κ3) is 2.93. The van der Waals surface area contributed by atoms with Crippen molar-refractivity contribution >= 4 is 23.3 Å². The second-order valence-corrected chi connectivity index (χ2v) is 5.43. The monoisotopic (exact) mass is 301 g/mol. The molecule has 0 N–H and O–H groups in total. The fourth-order valence-electron chi connectivity index (χ4n) is 2.69. The molecule has 3 rings (SSSR count). The van der Waals surface area contributed by atoms with Gasteiger partial charge in [-0.25, -0.2) is 9.99 Å². The Morgan fingerprint density at radius 2 is 1.91 bits per heavy atom. The molecular weight excluding hydrogens is 282 g/mol. The van der Waals surface area contributed by atoms with Crippen molar-refractivity contribution in [2.75, 3.05) is 38.1 Å². The number of aromatic nitrogens is 1. The quantitative estimate of drug-likeness (QED) is 0.790. The van der Waals surface area contributed by atoms with Crippen molar-refractivity contribution < 1.29 is 9.59 Å². The molecule has 116 valence electrons. The summed E-state index contributed by atoms with van der Waals surface area (Å²) in [6.07, 6.45) is 2.56. The Labute approximate surface area is 129 Å². The van der Waals surface area contributed by atoms with E-state index in [9.17, 15) is 9.59 Å².